The smallest absolute Gasteiger partial charge is 0.0603 e. The van der Waals surface area contributed by atoms with Crippen molar-refractivity contribution in [2.45, 2.75) is 70.3 Å². The molecule has 90 valence electrons. The van der Waals surface area contributed by atoms with E-state index in [9.17, 15) is 0 Å². The quantitative estimate of drug-likeness (QED) is 0.515. The predicted octanol–water partition coefficient (Wildman–Crippen LogP) is 4.62. The van der Waals surface area contributed by atoms with E-state index >= 15 is 0 Å². The molecule has 0 aliphatic heterocycles. The molecule has 0 heterocycles. The van der Waals surface area contributed by atoms with Crippen LogP contribution < -0.4 is 0 Å². The van der Waals surface area contributed by atoms with Crippen molar-refractivity contribution in [2.24, 2.45) is 16.8 Å². The van der Waals surface area contributed by atoms with E-state index in [1.54, 1.807) is 0 Å². The van der Waals surface area contributed by atoms with Gasteiger partial charge in [-0.2, -0.15) is 0 Å². The van der Waals surface area contributed by atoms with Gasteiger partial charge < -0.3 is 0 Å². The van der Waals surface area contributed by atoms with Crippen molar-refractivity contribution in [3.8, 4) is 0 Å². The largest absolute Gasteiger partial charge is 0.229 e. The molecule has 16 heavy (non-hydrogen) atoms. The molecular weight excluding hydrogens is 214 g/mol. The summed E-state index contributed by atoms with van der Waals surface area (Å²) in [7, 11) is 0. The third-order valence-corrected chi connectivity index (χ3v) is 4.55. The van der Waals surface area contributed by atoms with Crippen molar-refractivity contribution in [1.82, 2.24) is 0 Å². The van der Waals surface area contributed by atoms with E-state index in [0.717, 1.165) is 11.8 Å². The van der Waals surface area contributed by atoms with Crippen LogP contribution in [0.1, 0.15) is 64.2 Å². The average Bonchev–Trinajstić information content (AvgIpc) is 2.33. The molecule has 0 aromatic heterocycles. The molecule has 2 fully saturated rings. The van der Waals surface area contributed by atoms with Crippen molar-refractivity contribution < 1.29 is 0 Å². The van der Waals surface area contributed by atoms with Crippen LogP contribution in [-0.4, -0.2) is 11.2 Å². The molecule has 0 amide bonds. The molecule has 0 N–H and O–H groups in total. The number of hydrogen-bond acceptors (Lipinski definition) is 2. The first kappa shape index (κ1) is 12.3. The first-order valence-electron chi connectivity index (χ1n) is 6.95. The van der Waals surface area contributed by atoms with Crippen LogP contribution in [0.3, 0.4) is 0 Å². The lowest BCUT2D eigenvalue weighted by atomic mass is 9.77. The van der Waals surface area contributed by atoms with Crippen molar-refractivity contribution in [1.29, 1.82) is 0 Å². The van der Waals surface area contributed by atoms with Gasteiger partial charge in [-0.15, -0.1) is 0 Å². The summed E-state index contributed by atoms with van der Waals surface area (Å²) in [6.45, 7) is 0. The second kappa shape index (κ2) is 6.51. The summed E-state index contributed by atoms with van der Waals surface area (Å²) in [6, 6.07) is 0.500. The SMILES string of the molecule is S=C=NC1CCC(CC2CCCCC2)CC1. The van der Waals surface area contributed by atoms with Gasteiger partial charge in [-0.1, -0.05) is 32.1 Å². The van der Waals surface area contributed by atoms with Crippen molar-refractivity contribution in [2.75, 3.05) is 0 Å². The highest BCUT2D eigenvalue weighted by molar-refractivity contribution is 7.78. The maximum atomic E-state index is 4.68. The zero-order valence-corrected chi connectivity index (χ0v) is 11.0. The van der Waals surface area contributed by atoms with Crippen molar-refractivity contribution >= 4 is 17.4 Å². The van der Waals surface area contributed by atoms with E-state index in [1.165, 1.54) is 64.2 Å². The number of aliphatic imine (C=N–C) groups is 1. The van der Waals surface area contributed by atoms with Gasteiger partial charge in [-0.25, -0.2) is 4.99 Å². The molecule has 0 aromatic carbocycles. The molecule has 2 aliphatic carbocycles. The summed E-state index contributed by atoms with van der Waals surface area (Å²) in [5, 5.41) is 2.54. The molecule has 2 heteroatoms. The second-order valence-corrected chi connectivity index (χ2v) is 5.82. The number of thiocarbonyl (C=S) groups is 1. The lowest BCUT2D eigenvalue weighted by Gasteiger charge is -2.30. The second-order valence-electron chi connectivity index (χ2n) is 5.63. The molecule has 0 atom stereocenters. The number of nitrogens with zero attached hydrogens (tertiary/aromatic N) is 1. The average molecular weight is 237 g/mol. The van der Waals surface area contributed by atoms with E-state index < -0.39 is 0 Å². The zero-order chi connectivity index (χ0) is 11.2. The van der Waals surface area contributed by atoms with Gasteiger partial charge in [0.2, 0.25) is 0 Å². The zero-order valence-electron chi connectivity index (χ0n) is 10.2. The summed E-state index contributed by atoms with van der Waals surface area (Å²) >= 11 is 4.68. The van der Waals surface area contributed by atoms with Crippen LogP contribution in [0.25, 0.3) is 0 Å². The van der Waals surface area contributed by atoms with Crippen LogP contribution in [0.15, 0.2) is 4.99 Å². The minimum Gasteiger partial charge on any atom is -0.229 e. The molecule has 2 saturated carbocycles. The Kier molecular flexibility index (Phi) is 4.99. The minimum absolute atomic E-state index is 0.500. The molecule has 1 nitrogen and oxygen atoms in total. The lowest BCUT2D eigenvalue weighted by molar-refractivity contribution is 0.235. The van der Waals surface area contributed by atoms with Gasteiger partial charge in [-0.3, -0.25) is 0 Å². The molecule has 0 radical (unpaired) electrons. The molecule has 0 saturated heterocycles. The third kappa shape index (κ3) is 3.68. The van der Waals surface area contributed by atoms with Crippen LogP contribution in [-0.2, 0) is 0 Å². The monoisotopic (exact) mass is 237 g/mol. The van der Waals surface area contributed by atoms with E-state index in [4.69, 9.17) is 0 Å². The molecule has 2 aliphatic rings. The van der Waals surface area contributed by atoms with Crippen LogP contribution in [0.2, 0.25) is 0 Å². The van der Waals surface area contributed by atoms with Crippen LogP contribution in [0.5, 0.6) is 0 Å². The van der Waals surface area contributed by atoms with E-state index in [2.05, 4.69) is 22.4 Å². The maximum Gasteiger partial charge on any atom is 0.0603 e. The topological polar surface area (TPSA) is 12.4 Å². The summed E-state index contributed by atoms with van der Waals surface area (Å²) in [4.78, 5) is 4.23. The van der Waals surface area contributed by atoms with Crippen LogP contribution >= 0.6 is 12.2 Å². The fourth-order valence-corrected chi connectivity index (χ4v) is 3.63. The van der Waals surface area contributed by atoms with E-state index in [-0.39, 0.29) is 0 Å². The van der Waals surface area contributed by atoms with E-state index in [1.807, 2.05) is 0 Å². The van der Waals surface area contributed by atoms with Gasteiger partial charge in [-0.05, 0) is 56.2 Å². The Balaban J connectivity index is 1.70. The normalized spacial score (nSPS) is 32.0. The number of isothiocyanates is 1. The Morgan fingerprint density at radius 2 is 1.50 bits per heavy atom. The summed E-state index contributed by atoms with van der Waals surface area (Å²) in [6.07, 6.45) is 14.2. The Bertz CT molecular complexity index is 243. The van der Waals surface area contributed by atoms with Gasteiger partial charge in [0.15, 0.2) is 0 Å². The number of hydrogen-bond donors (Lipinski definition) is 0. The molecule has 0 aromatic rings. The summed E-state index contributed by atoms with van der Waals surface area (Å²) < 4.78 is 0. The summed E-state index contributed by atoms with van der Waals surface area (Å²) in [5.74, 6) is 2.03. The fourth-order valence-electron chi connectivity index (χ4n) is 3.48. The Morgan fingerprint density at radius 3 is 2.12 bits per heavy atom. The lowest BCUT2D eigenvalue weighted by Crippen LogP contribution is -2.20. The highest BCUT2D eigenvalue weighted by Gasteiger charge is 2.24. The van der Waals surface area contributed by atoms with Crippen molar-refractivity contribution in [3.63, 3.8) is 0 Å². The first-order chi connectivity index (χ1) is 7.88. The standard InChI is InChI=1S/C14H23NS/c16-11-15-14-8-6-13(7-9-14)10-12-4-2-1-3-5-12/h12-14H,1-10H2. The van der Waals surface area contributed by atoms with Gasteiger partial charge in [0.05, 0.1) is 11.2 Å². The molecule has 0 spiro atoms. The van der Waals surface area contributed by atoms with E-state index in [0.29, 0.717) is 6.04 Å². The van der Waals surface area contributed by atoms with Crippen molar-refractivity contribution in [3.05, 3.63) is 0 Å². The van der Waals surface area contributed by atoms with Gasteiger partial charge in [0.25, 0.3) is 0 Å². The van der Waals surface area contributed by atoms with Crippen LogP contribution in [0.4, 0.5) is 0 Å². The summed E-state index contributed by atoms with van der Waals surface area (Å²) in [5.41, 5.74) is 0. The molecule has 0 unspecified atom stereocenters. The highest BCUT2D eigenvalue weighted by Crippen LogP contribution is 2.35. The first-order valence-corrected chi connectivity index (χ1v) is 7.36. The highest BCUT2D eigenvalue weighted by atomic mass is 32.1. The fraction of sp³-hybridized carbons (Fsp3) is 0.929. The number of rotatable bonds is 3. The van der Waals surface area contributed by atoms with Gasteiger partial charge in [0, 0.05) is 0 Å². The Labute approximate surface area is 105 Å². The molecule has 0 bridgehead atoms. The van der Waals surface area contributed by atoms with Gasteiger partial charge >= 0.3 is 0 Å². The Morgan fingerprint density at radius 1 is 0.875 bits per heavy atom. The maximum absolute atomic E-state index is 4.68. The van der Waals surface area contributed by atoms with Crippen LogP contribution in [0, 0.1) is 11.8 Å². The molecule has 2 rings (SSSR count). The predicted molar refractivity (Wildman–Crippen MR) is 72.0 cm³/mol. The molecular formula is C14H23NS. The van der Waals surface area contributed by atoms with Gasteiger partial charge in [0.1, 0.15) is 0 Å². The third-order valence-electron chi connectivity index (χ3n) is 4.44. The Hall–Kier alpha value is -0.200. The minimum atomic E-state index is 0.500.